The summed E-state index contributed by atoms with van der Waals surface area (Å²) in [5.74, 6) is -0.621. The van der Waals surface area contributed by atoms with Gasteiger partial charge in [-0.05, 0) is 73.6 Å². The maximum atomic E-state index is 13.7. The van der Waals surface area contributed by atoms with E-state index in [9.17, 15) is 14.4 Å². The number of amides is 2. The lowest BCUT2D eigenvalue weighted by Crippen LogP contribution is -2.54. The topological polar surface area (TPSA) is 76.2 Å². The maximum absolute atomic E-state index is 13.7. The number of ether oxygens (including phenoxy) is 2. The van der Waals surface area contributed by atoms with Crippen molar-refractivity contribution >= 4 is 18.0 Å². The second-order valence-corrected chi connectivity index (χ2v) is 10.3. The van der Waals surface area contributed by atoms with E-state index in [4.69, 9.17) is 9.47 Å². The van der Waals surface area contributed by atoms with Gasteiger partial charge < -0.3 is 14.4 Å². The predicted octanol–water partition coefficient (Wildman–Crippen LogP) is 4.08. The quantitative estimate of drug-likeness (QED) is 0.492. The molecule has 4 atom stereocenters. The largest absolute Gasteiger partial charge is 0.458 e. The highest BCUT2D eigenvalue weighted by Crippen LogP contribution is 2.33. The zero-order valence-electron chi connectivity index (χ0n) is 20.0. The van der Waals surface area contributed by atoms with Gasteiger partial charge in [0.05, 0.1) is 6.04 Å². The third-order valence-corrected chi connectivity index (χ3v) is 5.35. The molecule has 0 aromatic rings. The standard InChI is InChI=1S/C24H38N2O5/c1-9-11-16-14-19(25(15-16)22(29)31-24(6,7)8)20(27)26-17(10-2)12-13-18(26)21(28)30-23(3,4)5/h9-11,16-19H,2,12-15H2,1,3-8H3/t16-,17+,18-,19-/m0/s1. The summed E-state index contributed by atoms with van der Waals surface area (Å²) in [5, 5.41) is 0. The molecule has 0 N–H and O–H groups in total. The first kappa shape index (κ1) is 25.0. The van der Waals surface area contributed by atoms with Gasteiger partial charge in [-0.2, -0.15) is 0 Å². The molecule has 2 aliphatic rings. The fraction of sp³-hybridized carbons (Fsp3) is 0.708. The van der Waals surface area contributed by atoms with Gasteiger partial charge in [0.25, 0.3) is 0 Å². The molecule has 0 aromatic carbocycles. The molecule has 7 nitrogen and oxygen atoms in total. The smallest absolute Gasteiger partial charge is 0.410 e. The van der Waals surface area contributed by atoms with E-state index < -0.39 is 35.3 Å². The van der Waals surface area contributed by atoms with Crippen molar-refractivity contribution in [2.45, 2.75) is 97.1 Å². The highest BCUT2D eigenvalue weighted by Gasteiger charge is 2.48. The summed E-state index contributed by atoms with van der Waals surface area (Å²) in [6.45, 7) is 17.0. The van der Waals surface area contributed by atoms with E-state index in [1.807, 2.05) is 19.1 Å². The third-order valence-electron chi connectivity index (χ3n) is 5.35. The van der Waals surface area contributed by atoms with Crippen LogP contribution in [0.4, 0.5) is 4.79 Å². The van der Waals surface area contributed by atoms with E-state index in [0.29, 0.717) is 25.8 Å². The second kappa shape index (κ2) is 9.45. The van der Waals surface area contributed by atoms with Crippen LogP contribution in [0.5, 0.6) is 0 Å². The number of likely N-dealkylation sites (tertiary alicyclic amines) is 2. The molecule has 2 amide bonds. The first-order chi connectivity index (χ1) is 14.3. The van der Waals surface area contributed by atoms with Crippen LogP contribution in [-0.4, -0.2) is 63.6 Å². The number of hydrogen-bond donors (Lipinski definition) is 0. The molecule has 0 saturated carbocycles. The zero-order chi connectivity index (χ0) is 23.6. The molecule has 2 heterocycles. The highest BCUT2D eigenvalue weighted by molar-refractivity contribution is 5.91. The van der Waals surface area contributed by atoms with Crippen molar-refractivity contribution in [3.05, 3.63) is 24.8 Å². The zero-order valence-corrected chi connectivity index (χ0v) is 20.0. The Morgan fingerprint density at radius 2 is 1.58 bits per heavy atom. The van der Waals surface area contributed by atoms with Crippen molar-refractivity contribution in [3.63, 3.8) is 0 Å². The van der Waals surface area contributed by atoms with Crippen LogP contribution in [0.15, 0.2) is 24.8 Å². The van der Waals surface area contributed by atoms with Gasteiger partial charge in [-0.3, -0.25) is 9.69 Å². The summed E-state index contributed by atoms with van der Waals surface area (Å²) in [7, 11) is 0. The summed E-state index contributed by atoms with van der Waals surface area (Å²) in [4.78, 5) is 42.5. The molecule has 174 valence electrons. The van der Waals surface area contributed by atoms with Gasteiger partial charge in [-0.15, -0.1) is 6.58 Å². The normalized spacial score (nSPS) is 26.9. The molecule has 2 saturated heterocycles. The van der Waals surface area contributed by atoms with Crippen molar-refractivity contribution in [2.24, 2.45) is 5.92 Å². The van der Waals surface area contributed by atoms with Crippen molar-refractivity contribution in [1.82, 2.24) is 9.80 Å². The van der Waals surface area contributed by atoms with Gasteiger partial charge in [0.1, 0.15) is 23.3 Å². The Bertz CT molecular complexity index is 731. The number of carbonyl (C=O) groups excluding carboxylic acids is 3. The second-order valence-electron chi connectivity index (χ2n) is 10.3. The Balaban J connectivity index is 2.32. The Labute approximate surface area is 186 Å². The molecular formula is C24H38N2O5. The van der Waals surface area contributed by atoms with Crippen LogP contribution < -0.4 is 0 Å². The van der Waals surface area contributed by atoms with E-state index in [2.05, 4.69) is 6.58 Å². The van der Waals surface area contributed by atoms with Crippen LogP contribution in [0.2, 0.25) is 0 Å². The molecular weight excluding hydrogens is 396 g/mol. The monoisotopic (exact) mass is 434 g/mol. The van der Waals surface area contributed by atoms with Crippen molar-refractivity contribution in [3.8, 4) is 0 Å². The molecule has 0 aromatic heterocycles. The summed E-state index contributed by atoms with van der Waals surface area (Å²) in [5.41, 5.74) is -1.31. The van der Waals surface area contributed by atoms with Gasteiger partial charge in [0.15, 0.2) is 0 Å². The molecule has 2 rings (SSSR count). The van der Waals surface area contributed by atoms with Gasteiger partial charge in [0.2, 0.25) is 5.91 Å². The molecule has 0 unspecified atom stereocenters. The average molecular weight is 435 g/mol. The Kier molecular flexibility index (Phi) is 7.61. The maximum Gasteiger partial charge on any atom is 0.410 e. The molecule has 31 heavy (non-hydrogen) atoms. The van der Waals surface area contributed by atoms with Crippen LogP contribution in [0, 0.1) is 5.92 Å². The first-order valence-corrected chi connectivity index (χ1v) is 11.1. The lowest BCUT2D eigenvalue weighted by Gasteiger charge is -2.34. The summed E-state index contributed by atoms with van der Waals surface area (Å²) < 4.78 is 11.1. The van der Waals surface area contributed by atoms with Crippen LogP contribution in [0.1, 0.15) is 67.7 Å². The van der Waals surface area contributed by atoms with Crippen molar-refractivity contribution in [1.29, 1.82) is 0 Å². The van der Waals surface area contributed by atoms with Crippen molar-refractivity contribution in [2.75, 3.05) is 6.54 Å². The molecule has 2 aliphatic heterocycles. The summed E-state index contributed by atoms with van der Waals surface area (Å²) in [6.07, 6.45) is 6.75. The van der Waals surface area contributed by atoms with E-state index in [1.165, 1.54) is 4.90 Å². The minimum Gasteiger partial charge on any atom is -0.458 e. The fourth-order valence-corrected chi connectivity index (χ4v) is 4.20. The van der Waals surface area contributed by atoms with Gasteiger partial charge in [-0.1, -0.05) is 18.2 Å². The highest BCUT2D eigenvalue weighted by atomic mass is 16.6. The molecule has 0 aliphatic carbocycles. The molecule has 7 heteroatoms. The van der Waals surface area contributed by atoms with Crippen molar-refractivity contribution < 1.29 is 23.9 Å². The summed E-state index contributed by atoms with van der Waals surface area (Å²) in [6, 6.07) is -1.65. The minimum atomic E-state index is -0.693. The summed E-state index contributed by atoms with van der Waals surface area (Å²) >= 11 is 0. The number of allylic oxidation sites excluding steroid dienone is 1. The van der Waals surface area contributed by atoms with Crippen LogP contribution in [-0.2, 0) is 19.1 Å². The van der Waals surface area contributed by atoms with Gasteiger partial charge in [0, 0.05) is 6.54 Å². The van der Waals surface area contributed by atoms with E-state index in [-0.39, 0.29) is 17.9 Å². The molecule has 0 spiro atoms. The average Bonchev–Trinajstić information content (AvgIpc) is 3.22. The Morgan fingerprint density at radius 1 is 0.968 bits per heavy atom. The van der Waals surface area contributed by atoms with Gasteiger partial charge >= 0.3 is 12.1 Å². The van der Waals surface area contributed by atoms with Gasteiger partial charge in [-0.25, -0.2) is 9.59 Å². The van der Waals surface area contributed by atoms with Crippen LogP contribution in [0.25, 0.3) is 0 Å². The third kappa shape index (κ3) is 6.34. The SMILES string of the molecule is C=C[C@@H]1CC[C@@H](C(=O)OC(C)(C)C)N1C(=O)[C@@H]1C[C@H](C=CC)CN1C(=O)OC(C)(C)C. The Morgan fingerprint density at radius 3 is 2.10 bits per heavy atom. The first-order valence-electron chi connectivity index (χ1n) is 11.1. The lowest BCUT2D eigenvalue weighted by atomic mass is 10.0. The number of hydrogen-bond acceptors (Lipinski definition) is 5. The predicted molar refractivity (Wildman–Crippen MR) is 119 cm³/mol. The van der Waals surface area contributed by atoms with Crippen LogP contribution in [0.3, 0.4) is 0 Å². The Hall–Kier alpha value is -2.31. The lowest BCUT2D eigenvalue weighted by molar-refractivity contribution is -0.164. The number of nitrogens with zero attached hydrogens (tertiary/aromatic N) is 2. The van der Waals surface area contributed by atoms with E-state index >= 15 is 0 Å². The van der Waals surface area contributed by atoms with E-state index in [0.717, 1.165) is 0 Å². The van der Waals surface area contributed by atoms with Crippen LogP contribution >= 0.6 is 0 Å². The number of carbonyl (C=O) groups is 3. The van der Waals surface area contributed by atoms with E-state index in [1.54, 1.807) is 52.5 Å². The molecule has 2 fully saturated rings. The fourth-order valence-electron chi connectivity index (χ4n) is 4.20. The number of esters is 1. The minimum absolute atomic E-state index is 0.0521. The number of rotatable bonds is 4. The molecule has 0 radical (unpaired) electrons. The molecule has 0 bridgehead atoms.